The summed E-state index contributed by atoms with van der Waals surface area (Å²) in [6, 6.07) is 7.48. The molecule has 1 aliphatic rings. The Hall–Kier alpha value is -1.55. The van der Waals surface area contributed by atoms with Crippen LogP contribution in [0.4, 0.5) is 13.2 Å². The molecule has 0 aromatic heterocycles. The van der Waals surface area contributed by atoms with Crippen LogP contribution in [-0.2, 0) is 12.8 Å². The molecule has 2 aromatic rings. The molecule has 1 N–H and O–H groups in total. The smallest absolute Gasteiger partial charge is 0.306 e. The highest BCUT2D eigenvalue weighted by atomic mass is 19.4. The van der Waals surface area contributed by atoms with Gasteiger partial charge in [0.25, 0.3) is 0 Å². The van der Waals surface area contributed by atoms with Crippen molar-refractivity contribution >= 4 is 10.8 Å². The number of aryl methyl sites for hydroxylation is 2. The van der Waals surface area contributed by atoms with Gasteiger partial charge in [-0.2, -0.15) is 13.2 Å². The Labute approximate surface area is 109 Å². The van der Waals surface area contributed by atoms with Gasteiger partial charge in [-0.25, -0.2) is 0 Å². The van der Waals surface area contributed by atoms with Crippen molar-refractivity contribution in [2.75, 3.05) is 7.05 Å². The van der Waals surface area contributed by atoms with Crippen LogP contribution >= 0.6 is 0 Å². The molecule has 1 aliphatic carbocycles. The van der Waals surface area contributed by atoms with E-state index in [-0.39, 0.29) is 0 Å². The highest BCUT2D eigenvalue weighted by Crippen LogP contribution is 2.39. The summed E-state index contributed by atoms with van der Waals surface area (Å²) in [6.45, 7) is 0. The van der Waals surface area contributed by atoms with Crippen molar-refractivity contribution in [3.05, 3.63) is 47.0 Å². The molecule has 4 heteroatoms. The first-order valence-corrected chi connectivity index (χ1v) is 6.29. The molecule has 1 atom stereocenters. The number of halogens is 3. The van der Waals surface area contributed by atoms with Crippen molar-refractivity contribution < 1.29 is 13.2 Å². The van der Waals surface area contributed by atoms with E-state index in [4.69, 9.17) is 0 Å². The molecule has 0 amide bonds. The molecule has 1 unspecified atom stereocenters. The van der Waals surface area contributed by atoms with Gasteiger partial charge in [-0.3, -0.25) is 0 Å². The van der Waals surface area contributed by atoms with Crippen LogP contribution in [0.15, 0.2) is 30.3 Å². The minimum Gasteiger partial charge on any atom is -0.306 e. The zero-order valence-electron chi connectivity index (χ0n) is 10.5. The molecule has 0 saturated carbocycles. The fourth-order valence-corrected chi connectivity index (χ4v) is 3.02. The second-order valence-electron chi connectivity index (χ2n) is 4.92. The predicted octanol–water partition coefficient (Wildman–Crippen LogP) is 3.76. The Morgan fingerprint density at radius 2 is 1.74 bits per heavy atom. The van der Waals surface area contributed by atoms with Crippen molar-refractivity contribution in [2.45, 2.75) is 25.1 Å². The van der Waals surface area contributed by atoms with Crippen molar-refractivity contribution in [1.82, 2.24) is 5.32 Å². The predicted molar refractivity (Wildman–Crippen MR) is 69.2 cm³/mol. The summed E-state index contributed by atoms with van der Waals surface area (Å²) in [5.74, 6) is 0. The fraction of sp³-hybridized carbons (Fsp3) is 0.333. The summed E-state index contributed by atoms with van der Waals surface area (Å²) in [6.07, 6.45) is -2.44. The minimum absolute atomic E-state index is 0.317. The molecule has 100 valence electrons. The van der Waals surface area contributed by atoms with Crippen LogP contribution < -0.4 is 5.32 Å². The highest BCUT2D eigenvalue weighted by molar-refractivity contribution is 5.93. The first kappa shape index (κ1) is 12.5. The molecular formula is C15H14F3N. The zero-order chi connectivity index (χ0) is 13.6. The van der Waals surface area contributed by atoms with E-state index in [9.17, 15) is 13.2 Å². The quantitative estimate of drug-likeness (QED) is 0.871. The summed E-state index contributed by atoms with van der Waals surface area (Å²) in [5, 5.41) is 4.13. The molecule has 1 nitrogen and oxygen atoms in total. The van der Waals surface area contributed by atoms with Gasteiger partial charge in [0.15, 0.2) is 0 Å². The van der Waals surface area contributed by atoms with Crippen LogP contribution in [0.5, 0.6) is 0 Å². The maximum atomic E-state index is 13.1. The van der Waals surface area contributed by atoms with E-state index in [0.29, 0.717) is 5.56 Å². The van der Waals surface area contributed by atoms with Crippen LogP contribution in [-0.4, -0.2) is 13.2 Å². The molecule has 2 aromatic carbocycles. The molecule has 0 bridgehead atoms. The van der Waals surface area contributed by atoms with E-state index in [2.05, 4.69) is 5.32 Å². The lowest BCUT2D eigenvalue weighted by Crippen LogP contribution is -2.31. The average molecular weight is 265 g/mol. The van der Waals surface area contributed by atoms with Gasteiger partial charge in [-0.05, 0) is 47.4 Å². The third-order valence-corrected chi connectivity index (χ3v) is 3.84. The second kappa shape index (κ2) is 4.23. The molecule has 0 radical (unpaired) electrons. The van der Waals surface area contributed by atoms with Crippen LogP contribution in [0.3, 0.4) is 0 Å². The van der Waals surface area contributed by atoms with Crippen LogP contribution in [0, 0.1) is 0 Å². The Morgan fingerprint density at radius 3 is 2.37 bits per heavy atom. The van der Waals surface area contributed by atoms with E-state index >= 15 is 0 Å². The minimum atomic E-state index is -4.28. The van der Waals surface area contributed by atoms with Gasteiger partial charge in [0.05, 0.1) is 0 Å². The summed E-state index contributed by atoms with van der Waals surface area (Å²) in [4.78, 5) is 0. The number of alkyl halides is 3. The van der Waals surface area contributed by atoms with Crippen molar-refractivity contribution in [1.29, 1.82) is 0 Å². The number of nitrogens with one attached hydrogen (secondary N) is 1. The van der Waals surface area contributed by atoms with Crippen molar-refractivity contribution in [2.24, 2.45) is 0 Å². The lowest BCUT2D eigenvalue weighted by Gasteiger charge is -2.22. The second-order valence-corrected chi connectivity index (χ2v) is 4.92. The Kier molecular flexibility index (Phi) is 2.78. The summed E-state index contributed by atoms with van der Waals surface area (Å²) >= 11 is 0. The molecule has 0 heterocycles. The molecule has 0 spiro atoms. The number of benzene rings is 2. The van der Waals surface area contributed by atoms with Crippen LogP contribution in [0.1, 0.15) is 22.7 Å². The normalized spacial score (nSPS) is 16.0. The van der Waals surface area contributed by atoms with Gasteiger partial charge in [0.1, 0.15) is 6.04 Å². The molecular weight excluding hydrogens is 251 g/mol. The Bertz CT molecular complexity index is 621. The third kappa shape index (κ3) is 1.91. The van der Waals surface area contributed by atoms with E-state index in [0.717, 1.165) is 34.7 Å². The van der Waals surface area contributed by atoms with Gasteiger partial charge in [-0.1, -0.05) is 30.3 Å². The topological polar surface area (TPSA) is 12.0 Å². The molecule has 0 fully saturated rings. The fourth-order valence-electron chi connectivity index (χ4n) is 3.02. The monoisotopic (exact) mass is 265 g/mol. The maximum Gasteiger partial charge on any atom is 0.407 e. The molecule has 3 rings (SSSR count). The van der Waals surface area contributed by atoms with E-state index in [1.165, 1.54) is 7.05 Å². The van der Waals surface area contributed by atoms with Gasteiger partial charge in [0.2, 0.25) is 0 Å². The average Bonchev–Trinajstić information content (AvgIpc) is 2.77. The number of hydrogen-bond donors (Lipinski definition) is 1. The largest absolute Gasteiger partial charge is 0.407 e. The molecule has 0 aliphatic heterocycles. The molecule has 0 saturated heterocycles. The number of rotatable bonds is 2. The van der Waals surface area contributed by atoms with Crippen LogP contribution in [0.25, 0.3) is 10.8 Å². The number of hydrogen-bond acceptors (Lipinski definition) is 1. The molecule has 19 heavy (non-hydrogen) atoms. The maximum absolute atomic E-state index is 13.1. The summed E-state index contributed by atoms with van der Waals surface area (Å²) in [5.41, 5.74) is 2.63. The standard InChI is InChI=1S/C15H14F3N/c1-19-14(15(16,17)18)12-8-7-10-6-5-9-3-2-4-11(12)13(9)10/h2-4,7-8,14,19H,5-6H2,1H3. The Balaban J connectivity index is 2.26. The van der Waals surface area contributed by atoms with E-state index in [1.54, 1.807) is 12.1 Å². The van der Waals surface area contributed by atoms with E-state index < -0.39 is 12.2 Å². The highest BCUT2D eigenvalue weighted by Gasteiger charge is 2.40. The first-order chi connectivity index (χ1) is 9.02. The van der Waals surface area contributed by atoms with E-state index in [1.807, 2.05) is 18.2 Å². The SMILES string of the molecule is CNC(c1ccc2c3c(cccc13)CC2)C(F)(F)F. The summed E-state index contributed by atoms with van der Waals surface area (Å²) < 4.78 is 39.3. The third-order valence-electron chi connectivity index (χ3n) is 3.84. The lowest BCUT2D eigenvalue weighted by atomic mass is 9.95. The van der Waals surface area contributed by atoms with Crippen molar-refractivity contribution in [3.8, 4) is 0 Å². The Morgan fingerprint density at radius 1 is 1.05 bits per heavy atom. The lowest BCUT2D eigenvalue weighted by molar-refractivity contribution is -0.156. The summed E-state index contributed by atoms with van der Waals surface area (Å²) in [7, 11) is 1.35. The van der Waals surface area contributed by atoms with Gasteiger partial charge in [-0.15, -0.1) is 0 Å². The van der Waals surface area contributed by atoms with Gasteiger partial charge in [0, 0.05) is 0 Å². The zero-order valence-corrected chi connectivity index (χ0v) is 10.5. The first-order valence-electron chi connectivity index (χ1n) is 6.29. The van der Waals surface area contributed by atoms with Crippen LogP contribution in [0.2, 0.25) is 0 Å². The van der Waals surface area contributed by atoms with Crippen molar-refractivity contribution in [3.63, 3.8) is 0 Å². The van der Waals surface area contributed by atoms with Gasteiger partial charge >= 0.3 is 6.18 Å². The van der Waals surface area contributed by atoms with Gasteiger partial charge < -0.3 is 5.32 Å².